The summed E-state index contributed by atoms with van der Waals surface area (Å²) in [6.07, 6.45) is 0. The van der Waals surface area contributed by atoms with Gasteiger partial charge in [-0.3, -0.25) is 5.41 Å². The fourth-order valence-electron chi connectivity index (χ4n) is 1.67. The van der Waals surface area contributed by atoms with Gasteiger partial charge in [0.05, 0.1) is 12.8 Å². The molecule has 0 spiro atoms. The zero-order chi connectivity index (χ0) is 15.1. The van der Waals surface area contributed by atoms with Crippen LogP contribution in [0.4, 0.5) is 5.69 Å². The number of aromatic hydroxyl groups is 1. The van der Waals surface area contributed by atoms with Crippen molar-refractivity contribution in [2.45, 2.75) is 13.8 Å². The van der Waals surface area contributed by atoms with Crippen LogP contribution >= 0.6 is 0 Å². The second-order valence-electron chi connectivity index (χ2n) is 3.88. The Morgan fingerprint density at radius 3 is 2.19 bits per heavy atom. The Bertz CT molecular complexity index is 583. The van der Waals surface area contributed by atoms with Crippen LogP contribution in [0.1, 0.15) is 25.0 Å². The Hall–Kier alpha value is -1.39. The summed E-state index contributed by atoms with van der Waals surface area (Å²) in [6, 6.07) is 11.7. The van der Waals surface area contributed by atoms with Gasteiger partial charge in [0.15, 0.2) is 0 Å². The van der Waals surface area contributed by atoms with E-state index in [0.717, 1.165) is 5.75 Å². The van der Waals surface area contributed by atoms with E-state index in [-0.39, 0.29) is 44.2 Å². The predicted octanol–water partition coefficient (Wildman–Crippen LogP) is 3.42. The predicted molar refractivity (Wildman–Crippen MR) is 82.8 cm³/mol. The molecule has 2 aromatic carbocycles. The first kappa shape index (κ1) is 19.6. The topological polar surface area (TPSA) is 79.3 Å². The number of benzene rings is 2. The minimum atomic E-state index is 0. The summed E-state index contributed by atoms with van der Waals surface area (Å²) in [7, 11) is 1.59. The van der Waals surface area contributed by atoms with Gasteiger partial charge in [-0.2, -0.15) is 0 Å². The number of nitrogens with one attached hydrogen (secondary N) is 1. The Labute approximate surface area is 150 Å². The van der Waals surface area contributed by atoms with Crippen LogP contribution in [0.15, 0.2) is 42.5 Å². The molecule has 0 fully saturated rings. The second-order valence-corrected chi connectivity index (χ2v) is 3.88. The molecule has 0 aliphatic carbocycles. The van der Waals surface area contributed by atoms with Gasteiger partial charge in [0.2, 0.25) is 0 Å². The average molecular weight is 361 g/mol. The Morgan fingerprint density at radius 2 is 1.67 bits per heavy atom. The van der Waals surface area contributed by atoms with Crippen molar-refractivity contribution in [1.29, 1.82) is 5.41 Å². The summed E-state index contributed by atoms with van der Waals surface area (Å²) >= 11 is 0. The van der Waals surface area contributed by atoms with Gasteiger partial charge >= 0.3 is 0 Å². The Morgan fingerprint density at radius 1 is 1.10 bits per heavy atom. The number of ether oxygens (including phenoxy) is 1. The van der Waals surface area contributed by atoms with Gasteiger partial charge in [-0.15, -0.1) is 0 Å². The van der Waals surface area contributed by atoms with Crippen molar-refractivity contribution in [2.75, 3.05) is 12.8 Å². The third-order valence-corrected chi connectivity index (χ3v) is 2.68. The molecular weight excluding hydrogens is 341 g/mol. The zero-order valence-corrected chi connectivity index (χ0v) is 15.4. The molecule has 0 heterocycles. The van der Waals surface area contributed by atoms with Crippen LogP contribution in [-0.4, -0.2) is 17.9 Å². The molecular formula is C16H20N2O2Y. The molecule has 0 bridgehead atoms. The first-order valence-corrected chi connectivity index (χ1v) is 6.43. The largest absolute Gasteiger partial charge is 0.508 e. The van der Waals surface area contributed by atoms with E-state index in [0.29, 0.717) is 16.8 Å². The van der Waals surface area contributed by atoms with Crippen LogP contribution in [0, 0.1) is 5.41 Å². The average Bonchev–Trinajstić information content (AvgIpc) is 2.51. The number of hydrogen-bond donors (Lipinski definition) is 3. The summed E-state index contributed by atoms with van der Waals surface area (Å²) < 4.78 is 5.06. The van der Waals surface area contributed by atoms with Crippen LogP contribution < -0.4 is 10.5 Å². The maximum absolute atomic E-state index is 9.44. The van der Waals surface area contributed by atoms with Crippen molar-refractivity contribution >= 4 is 11.4 Å². The normalized spacial score (nSPS) is 8.90. The summed E-state index contributed by atoms with van der Waals surface area (Å²) in [5, 5.41) is 17.5. The molecule has 0 aliphatic rings. The molecule has 2 aromatic rings. The van der Waals surface area contributed by atoms with Gasteiger partial charge in [0, 0.05) is 49.5 Å². The Balaban J connectivity index is 0.00000128. The summed E-state index contributed by atoms with van der Waals surface area (Å²) in [4.78, 5) is 0. The van der Waals surface area contributed by atoms with Crippen LogP contribution in [0.2, 0.25) is 0 Å². The molecule has 109 valence electrons. The van der Waals surface area contributed by atoms with Crippen LogP contribution in [-0.2, 0) is 32.7 Å². The minimum Gasteiger partial charge on any atom is -0.508 e. The van der Waals surface area contributed by atoms with Crippen LogP contribution in [0.3, 0.4) is 0 Å². The number of nitrogen functional groups attached to an aromatic ring is 1. The summed E-state index contributed by atoms with van der Waals surface area (Å²) in [6.45, 7) is 4.00. The van der Waals surface area contributed by atoms with Gasteiger partial charge in [-0.25, -0.2) is 0 Å². The fraction of sp³-hybridized carbons (Fsp3) is 0.188. The number of nitrogens with two attached hydrogens (primary N) is 1. The van der Waals surface area contributed by atoms with Gasteiger partial charge in [-0.05, 0) is 42.5 Å². The molecule has 1 radical (unpaired) electrons. The van der Waals surface area contributed by atoms with Crippen molar-refractivity contribution in [3.05, 3.63) is 53.6 Å². The van der Waals surface area contributed by atoms with E-state index in [1.165, 1.54) is 12.1 Å². The standard InChI is InChI=1S/C14H14N2O2.C2H6.Y/c1-18-11-5-2-9(3-6-11)14(16)12-8-10(17)4-7-13(12)15;1-2;/h2-8,16-17H,15H2,1H3;1-2H3;. The number of phenols is 1. The summed E-state index contributed by atoms with van der Waals surface area (Å²) in [5.41, 5.74) is 7.77. The SMILES string of the molecule is CC.COc1ccc(C(=N)c2cc(O)ccc2N)cc1.[Y]. The van der Waals surface area contributed by atoms with Gasteiger partial charge < -0.3 is 15.6 Å². The van der Waals surface area contributed by atoms with E-state index in [1.54, 1.807) is 37.4 Å². The van der Waals surface area contributed by atoms with Crippen molar-refractivity contribution in [1.82, 2.24) is 0 Å². The van der Waals surface area contributed by atoms with E-state index in [4.69, 9.17) is 15.9 Å². The quantitative estimate of drug-likeness (QED) is 0.445. The van der Waals surface area contributed by atoms with E-state index in [9.17, 15) is 5.11 Å². The van der Waals surface area contributed by atoms with Gasteiger partial charge in [0.25, 0.3) is 0 Å². The second kappa shape index (κ2) is 9.53. The fourth-order valence-corrected chi connectivity index (χ4v) is 1.67. The molecule has 4 nitrogen and oxygen atoms in total. The molecule has 0 saturated carbocycles. The molecule has 0 saturated heterocycles. The van der Waals surface area contributed by atoms with Gasteiger partial charge in [-0.1, -0.05) is 13.8 Å². The zero-order valence-electron chi connectivity index (χ0n) is 12.6. The number of hydrogen-bond acceptors (Lipinski definition) is 4. The molecule has 0 atom stereocenters. The number of phenolic OH excluding ortho intramolecular Hbond substituents is 1. The third-order valence-electron chi connectivity index (χ3n) is 2.68. The van der Waals surface area contributed by atoms with Crippen molar-refractivity contribution in [3.8, 4) is 11.5 Å². The van der Waals surface area contributed by atoms with Crippen LogP contribution in [0.5, 0.6) is 11.5 Å². The van der Waals surface area contributed by atoms with E-state index in [2.05, 4.69) is 0 Å². The van der Waals surface area contributed by atoms with Crippen molar-refractivity contribution in [2.24, 2.45) is 0 Å². The monoisotopic (exact) mass is 361 g/mol. The maximum atomic E-state index is 9.44. The minimum absolute atomic E-state index is 0. The summed E-state index contributed by atoms with van der Waals surface area (Å²) in [5.74, 6) is 0.827. The number of methoxy groups -OCH3 is 1. The molecule has 21 heavy (non-hydrogen) atoms. The molecule has 5 heteroatoms. The smallest absolute Gasteiger partial charge is 0.118 e. The van der Waals surface area contributed by atoms with E-state index in [1.807, 2.05) is 13.8 Å². The Kier molecular flexibility index (Phi) is 8.90. The molecule has 0 unspecified atom stereocenters. The van der Waals surface area contributed by atoms with E-state index < -0.39 is 0 Å². The van der Waals surface area contributed by atoms with Crippen LogP contribution in [0.25, 0.3) is 0 Å². The van der Waals surface area contributed by atoms with Crippen molar-refractivity contribution in [3.63, 3.8) is 0 Å². The van der Waals surface area contributed by atoms with E-state index >= 15 is 0 Å². The maximum Gasteiger partial charge on any atom is 0.118 e. The third kappa shape index (κ3) is 5.14. The molecule has 2 rings (SSSR count). The first-order valence-electron chi connectivity index (χ1n) is 6.43. The first-order chi connectivity index (χ1) is 9.61. The molecule has 4 N–H and O–H groups in total. The van der Waals surface area contributed by atoms with Gasteiger partial charge in [0.1, 0.15) is 11.5 Å². The number of anilines is 1. The molecule has 0 aromatic heterocycles. The van der Waals surface area contributed by atoms with Crippen molar-refractivity contribution < 1.29 is 42.6 Å². The number of rotatable bonds is 3. The molecule has 0 amide bonds. The molecule has 0 aliphatic heterocycles.